The molecule has 0 radical (unpaired) electrons. The van der Waals surface area contributed by atoms with E-state index in [4.69, 9.17) is 9.47 Å². The number of para-hydroxylation sites is 1. The fourth-order valence-electron chi connectivity index (χ4n) is 1.58. The zero-order chi connectivity index (χ0) is 12.8. The summed E-state index contributed by atoms with van der Waals surface area (Å²) >= 11 is 0. The molecule has 0 unspecified atom stereocenters. The van der Waals surface area contributed by atoms with Crippen LogP contribution in [0, 0.1) is 0 Å². The van der Waals surface area contributed by atoms with Gasteiger partial charge in [0.15, 0.2) is 6.29 Å². The number of benzene rings is 1. The van der Waals surface area contributed by atoms with Crippen molar-refractivity contribution >= 4 is 6.29 Å². The molecule has 1 heterocycles. The Labute approximate surface area is 105 Å². The van der Waals surface area contributed by atoms with Gasteiger partial charge in [0.05, 0.1) is 18.2 Å². The molecule has 0 atom stereocenters. The topological polar surface area (TPSA) is 48.4 Å². The molecular weight excluding hydrogens is 230 g/mol. The van der Waals surface area contributed by atoms with E-state index in [0.717, 1.165) is 11.8 Å². The van der Waals surface area contributed by atoms with Gasteiger partial charge in [-0.15, -0.1) is 0 Å². The zero-order valence-electron chi connectivity index (χ0n) is 10.00. The molecule has 0 fully saturated rings. The summed E-state index contributed by atoms with van der Waals surface area (Å²) in [6.45, 7) is 0.307. The normalized spacial score (nSPS) is 9.83. The third-order valence-corrected chi connectivity index (χ3v) is 2.47. The first-order chi connectivity index (χ1) is 8.85. The number of rotatable bonds is 5. The van der Waals surface area contributed by atoms with Crippen molar-refractivity contribution < 1.29 is 14.3 Å². The summed E-state index contributed by atoms with van der Waals surface area (Å²) in [5.41, 5.74) is 1.36. The largest absolute Gasteiger partial charge is 0.488 e. The lowest BCUT2D eigenvalue weighted by molar-refractivity contribution is 0.111. The Balaban J connectivity index is 2.14. The summed E-state index contributed by atoms with van der Waals surface area (Å²) in [5.74, 6) is 1.08. The molecule has 2 aromatic rings. The van der Waals surface area contributed by atoms with Crippen LogP contribution in [0.3, 0.4) is 0 Å². The fraction of sp³-hybridized carbons (Fsp3) is 0.143. The Morgan fingerprint density at radius 1 is 1.22 bits per heavy atom. The van der Waals surface area contributed by atoms with E-state index in [1.807, 2.05) is 18.2 Å². The second-order valence-electron chi connectivity index (χ2n) is 3.62. The lowest BCUT2D eigenvalue weighted by Crippen LogP contribution is -2.01. The number of hydrogen-bond acceptors (Lipinski definition) is 4. The van der Waals surface area contributed by atoms with Crippen LogP contribution in [-0.2, 0) is 6.61 Å². The Morgan fingerprint density at radius 3 is 2.83 bits per heavy atom. The average molecular weight is 243 g/mol. The number of methoxy groups -OCH3 is 1. The molecule has 4 nitrogen and oxygen atoms in total. The number of nitrogens with zero attached hydrogens (tertiary/aromatic N) is 1. The molecular formula is C14H13NO3. The number of aldehydes is 1. The molecule has 2 rings (SSSR count). The highest BCUT2D eigenvalue weighted by molar-refractivity contribution is 5.79. The van der Waals surface area contributed by atoms with Crippen LogP contribution in [0.4, 0.5) is 0 Å². The van der Waals surface area contributed by atoms with E-state index in [-0.39, 0.29) is 0 Å². The van der Waals surface area contributed by atoms with Crippen molar-refractivity contribution in [3.05, 3.63) is 53.7 Å². The minimum absolute atomic E-state index is 0.307. The molecule has 0 bridgehead atoms. The summed E-state index contributed by atoms with van der Waals surface area (Å²) in [4.78, 5) is 14.9. The Bertz CT molecular complexity index is 540. The predicted octanol–water partition coefficient (Wildman–Crippen LogP) is 2.48. The quantitative estimate of drug-likeness (QED) is 0.757. The number of aromatic nitrogens is 1. The maximum Gasteiger partial charge on any atom is 0.219 e. The molecule has 1 aromatic heterocycles. The SMILES string of the molecule is COc1ncccc1COc1ccccc1C=O. The van der Waals surface area contributed by atoms with Crippen LogP contribution in [0.1, 0.15) is 15.9 Å². The number of pyridine rings is 1. The molecule has 0 spiro atoms. The van der Waals surface area contributed by atoms with Crippen molar-refractivity contribution in [3.8, 4) is 11.6 Å². The fourth-order valence-corrected chi connectivity index (χ4v) is 1.58. The van der Waals surface area contributed by atoms with Crippen molar-refractivity contribution in [2.75, 3.05) is 7.11 Å². The molecule has 1 aromatic carbocycles. The molecule has 0 aliphatic heterocycles. The molecule has 0 aliphatic carbocycles. The van der Waals surface area contributed by atoms with E-state index in [9.17, 15) is 4.79 Å². The number of carbonyl (C=O) groups excluding carboxylic acids is 1. The predicted molar refractivity (Wildman–Crippen MR) is 67.0 cm³/mol. The van der Waals surface area contributed by atoms with Gasteiger partial charge >= 0.3 is 0 Å². The highest BCUT2D eigenvalue weighted by atomic mass is 16.5. The van der Waals surface area contributed by atoms with Gasteiger partial charge in [-0.1, -0.05) is 12.1 Å². The van der Waals surface area contributed by atoms with Gasteiger partial charge in [-0.2, -0.15) is 0 Å². The summed E-state index contributed by atoms with van der Waals surface area (Å²) < 4.78 is 10.7. The van der Waals surface area contributed by atoms with Crippen LogP contribution in [-0.4, -0.2) is 18.4 Å². The third-order valence-electron chi connectivity index (χ3n) is 2.47. The van der Waals surface area contributed by atoms with Crippen molar-refractivity contribution in [1.29, 1.82) is 0 Å². The van der Waals surface area contributed by atoms with E-state index in [1.165, 1.54) is 0 Å². The number of ether oxygens (including phenoxy) is 2. The first kappa shape index (κ1) is 12.1. The van der Waals surface area contributed by atoms with Crippen LogP contribution in [0.5, 0.6) is 11.6 Å². The van der Waals surface area contributed by atoms with Gasteiger partial charge in [0.25, 0.3) is 0 Å². The van der Waals surface area contributed by atoms with E-state index < -0.39 is 0 Å². The molecule has 4 heteroatoms. The molecule has 0 N–H and O–H groups in total. The number of carbonyl (C=O) groups is 1. The first-order valence-corrected chi connectivity index (χ1v) is 5.50. The van der Waals surface area contributed by atoms with Crippen molar-refractivity contribution in [3.63, 3.8) is 0 Å². The van der Waals surface area contributed by atoms with Gasteiger partial charge in [0.2, 0.25) is 5.88 Å². The molecule has 0 amide bonds. The maximum absolute atomic E-state index is 10.8. The van der Waals surface area contributed by atoms with E-state index in [0.29, 0.717) is 23.8 Å². The van der Waals surface area contributed by atoms with E-state index >= 15 is 0 Å². The summed E-state index contributed by atoms with van der Waals surface area (Å²) in [7, 11) is 1.56. The molecule has 92 valence electrons. The second-order valence-corrected chi connectivity index (χ2v) is 3.62. The van der Waals surface area contributed by atoms with Crippen LogP contribution in [0.25, 0.3) is 0 Å². The van der Waals surface area contributed by atoms with Crippen LogP contribution in [0.15, 0.2) is 42.6 Å². The summed E-state index contributed by atoms with van der Waals surface area (Å²) in [6, 6.07) is 10.8. The molecule has 0 saturated heterocycles. The molecule has 18 heavy (non-hydrogen) atoms. The zero-order valence-corrected chi connectivity index (χ0v) is 10.00. The van der Waals surface area contributed by atoms with Gasteiger partial charge in [-0.25, -0.2) is 4.98 Å². The highest BCUT2D eigenvalue weighted by Gasteiger charge is 2.06. The first-order valence-electron chi connectivity index (χ1n) is 5.50. The molecule has 0 saturated carbocycles. The van der Waals surface area contributed by atoms with Crippen LogP contribution in [0.2, 0.25) is 0 Å². The van der Waals surface area contributed by atoms with Crippen molar-refractivity contribution in [2.45, 2.75) is 6.61 Å². The van der Waals surface area contributed by atoms with Crippen molar-refractivity contribution in [1.82, 2.24) is 4.98 Å². The van der Waals surface area contributed by atoms with Gasteiger partial charge in [0.1, 0.15) is 12.4 Å². The minimum atomic E-state index is 0.307. The van der Waals surface area contributed by atoms with Crippen molar-refractivity contribution in [2.24, 2.45) is 0 Å². The van der Waals surface area contributed by atoms with Gasteiger partial charge in [-0.3, -0.25) is 4.79 Å². The highest BCUT2D eigenvalue weighted by Crippen LogP contribution is 2.20. The number of hydrogen-bond donors (Lipinski definition) is 0. The maximum atomic E-state index is 10.8. The van der Waals surface area contributed by atoms with Gasteiger partial charge in [-0.05, 0) is 24.3 Å². The van der Waals surface area contributed by atoms with Gasteiger partial charge in [0, 0.05) is 6.20 Å². The third kappa shape index (κ3) is 2.66. The summed E-state index contributed by atoms with van der Waals surface area (Å²) in [5, 5.41) is 0. The smallest absolute Gasteiger partial charge is 0.219 e. The lowest BCUT2D eigenvalue weighted by atomic mass is 10.2. The minimum Gasteiger partial charge on any atom is -0.488 e. The van der Waals surface area contributed by atoms with Crippen LogP contribution >= 0.6 is 0 Å². The molecule has 0 aliphatic rings. The average Bonchev–Trinajstić information content (AvgIpc) is 2.45. The lowest BCUT2D eigenvalue weighted by Gasteiger charge is -2.10. The van der Waals surface area contributed by atoms with Gasteiger partial charge < -0.3 is 9.47 Å². The standard InChI is InChI=1S/C14H13NO3/c1-17-14-12(6-4-8-15-14)10-18-13-7-3-2-5-11(13)9-16/h2-9H,10H2,1H3. The Hall–Kier alpha value is -2.36. The Kier molecular flexibility index (Phi) is 3.91. The summed E-state index contributed by atoms with van der Waals surface area (Å²) in [6.07, 6.45) is 2.43. The van der Waals surface area contributed by atoms with E-state index in [2.05, 4.69) is 4.98 Å². The monoisotopic (exact) mass is 243 g/mol. The van der Waals surface area contributed by atoms with Crippen LogP contribution < -0.4 is 9.47 Å². The Morgan fingerprint density at radius 2 is 2.06 bits per heavy atom. The second kappa shape index (κ2) is 5.82. The van der Waals surface area contributed by atoms with E-state index in [1.54, 1.807) is 31.5 Å².